The number of ether oxygens (including phenoxy) is 1. The number of aliphatic carboxylic acids is 1. The molecule has 1 aromatic heterocycles. The highest BCUT2D eigenvalue weighted by Crippen LogP contribution is 2.26. The summed E-state index contributed by atoms with van der Waals surface area (Å²) in [5, 5.41) is 23.4. The quantitative estimate of drug-likeness (QED) is 0.0296. The molecule has 1 aliphatic heterocycles. The highest BCUT2D eigenvalue weighted by molar-refractivity contribution is 5.82. The summed E-state index contributed by atoms with van der Waals surface area (Å²) in [5.41, 5.74) is 12.3. The van der Waals surface area contributed by atoms with Crippen LogP contribution in [0.3, 0.4) is 0 Å². The second-order valence-electron chi connectivity index (χ2n) is 17.8. The molecule has 2 heterocycles. The number of nitrogens with one attached hydrogen (secondary N) is 3. The van der Waals surface area contributed by atoms with Gasteiger partial charge < -0.3 is 41.2 Å². The highest BCUT2D eigenvalue weighted by atomic mass is 16.5. The molecule has 68 heavy (non-hydrogen) atoms. The zero-order valence-corrected chi connectivity index (χ0v) is 42.5. The second kappa shape index (κ2) is 38.9. The first-order chi connectivity index (χ1) is 33.0. The van der Waals surface area contributed by atoms with Crippen LogP contribution in [0, 0.1) is 12.8 Å². The Bertz CT molecular complexity index is 1820. The van der Waals surface area contributed by atoms with Crippen LogP contribution in [0.1, 0.15) is 141 Å². The van der Waals surface area contributed by atoms with E-state index in [2.05, 4.69) is 90.7 Å². The Labute approximate surface area is 408 Å². The summed E-state index contributed by atoms with van der Waals surface area (Å²) in [6.07, 6.45) is 23.2. The SMILES string of the molecule is C/C(=C\c1ccccc1NC=O)C(CCN)CCNC(CCN(CCNC=O)C1CCN(C)CC1)Cc1cc(C)c2nn(COC=O)cc2c1.C=O.CCCCCC(=O)O.CCCCCCCC. The molecular weight excluding hydrogens is 861 g/mol. The summed E-state index contributed by atoms with van der Waals surface area (Å²) < 4.78 is 6.58. The van der Waals surface area contributed by atoms with Gasteiger partial charge in [-0.25, -0.2) is 4.68 Å². The lowest BCUT2D eigenvalue weighted by molar-refractivity contribution is -0.137. The molecule has 0 bridgehead atoms. The zero-order valence-electron chi connectivity index (χ0n) is 42.5. The van der Waals surface area contributed by atoms with E-state index in [1.165, 1.54) is 49.7 Å². The van der Waals surface area contributed by atoms with E-state index in [0.717, 1.165) is 125 Å². The largest absolute Gasteiger partial charge is 0.481 e. The molecular formula is C53H88N8O7. The topological polar surface area (TPSA) is 201 Å². The number of aromatic nitrogens is 2. The van der Waals surface area contributed by atoms with Crippen LogP contribution in [0.25, 0.3) is 17.0 Å². The third-order valence-electron chi connectivity index (χ3n) is 12.4. The Balaban J connectivity index is 0.00000109. The Morgan fingerprint density at radius 2 is 1.62 bits per heavy atom. The van der Waals surface area contributed by atoms with Crippen LogP contribution >= 0.6 is 0 Å². The molecule has 0 radical (unpaired) electrons. The van der Waals surface area contributed by atoms with Gasteiger partial charge in [0.05, 0.1) is 5.52 Å². The number of nitrogens with two attached hydrogens (primary N) is 1. The molecule has 2 unspecified atom stereocenters. The third-order valence-corrected chi connectivity index (χ3v) is 12.4. The predicted octanol–water partition coefficient (Wildman–Crippen LogP) is 8.37. The number of para-hydroxylation sites is 1. The number of anilines is 1. The van der Waals surface area contributed by atoms with Gasteiger partial charge >= 0.3 is 5.97 Å². The number of carbonyl (C=O) groups excluding carboxylic acids is 4. The standard InChI is InChI=1S/C38H56N8O4.C8H18.C6H12O2.CH2O/c1-29(21-33-6-4-5-7-37(33)42-26-48)32(8-13-39)9-14-41-35(10-18-45(19-15-40-25-47)36-11-16-44(3)17-12-36)23-31-20-30(2)38-34(22-31)24-46(43-38)27-50-28-49;1-3-5-7-8-6-4-2;1-2-3-4-5-6(7)8;1-2/h4-7,20-22,24-26,28,32,35-36,41H,8-19,23,27,39H2,1-3H3,(H,40,47)(H,42,48);3-8H2,1-2H3;2-5H2,1H3,(H,7,8);1H2/b29-21+;;;. The summed E-state index contributed by atoms with van der Waals surface area (Å²) in [7, 11) is 2.18. The monoisotopic (exact) mass is 949 g/mol. The second-order valence-corrected chi connectivity index (χ2v) is 17.8. The number of unbranched alkanes of at least 4 members (excludes halogenated alkanes) is 7. The van der Waals surface area contributed by atoms with Gasteiger partial charge in [-0.2, -0.15) is 5.10 Å². The summed E-state index contributed by atoms with van der Waals surface area (Å²) in [5.74, 6) is -0.390. The number of nitrogens with zero attached hydrogens (tertiary/aromatic N) is 4. The van der Waals surface area contributed by atoms with Crippen LogP contribution in [-0.4, -0.2) is 122 Å². The van der Waals surface area contributed by atoms with Crippen LogP contribution in [0.15, 0.2) is 48.2 Å². The van der Waals surface area contributed by atoms with Crippen LogP contribution < -0.4 is 21.7 Å². The number of carboxylic acid groups (broad SMARTS) is 1. The van der Waals surface area contributed by atoms with E-state index in [1.54, 1.807) is 4.68 Å². The van der Waals surface area contributed by atoms with Crippen molar-refractivity contribution in [3.63, 3.8) is 0 Å². The third kappa shape index (κ3) is 26.0. The van der Waals surface area contributed by atoms with Crippen molar-refractivity contribution in [2.75, 3.05) is 58.2 Å². The summed E-state index contributed by atoms with van der Waals surface area (Å²) in [6.45, 7) is 19.3. The number of hydrogen-bond acceptors (Lipinski definition) is 11. The molecule has 0 saturated carbocycles. The fourth-order valence-corrected chi connectivity index (χ4v) is 8.54. The van der Waals surface area contributed by atoms with Crippen LogP contribution in [0.4, 0.5) is 5.69 Å². The minimum absolute atomic E-state index is 0.0832. The van der Waals surface area contributed by atoms with Gasteiger partial charge in [0.15, 0.2) is 6.73 Å². The number of carbonyl (C=O) groups is 5. The molecule has 0 spiro atoms. The number of piperidine rings is 1. The van der Waals surface area contributed by atoms with E-state index >= 15 is 0 Å². The molecule has 382 valence electrons. The van der Waals surface area contributed by atoms with E-state index < -0.39 is 5.97 Å². The van der Waals surface area contributed by atoms with Crippen molar-refractivity contribution in [3.05, 3.63) is 64.9 Å². The van der Waals surface area contributed by atoms with Crippen LogP contribution in [-0.2, 0) is 41.9 Å². The Hall–Kier alpha value is -4.96. The molecule has 2 atom stereocenters. The summed E-state index contributed by atoms with van der Waals surface area (Å²) in [6, 6.07) is 12.9. The van der Waals surface area contributed by atoms with Crippen molar-refractivity contribution in [2.24, 2.45) is 11.7 Å². The number of amides is 2. The van der Waals surface area contributed by atoms with Crippen LogP contribution in [0.2, 0.25) is 0 Å². The maximum Gasteiger partial charge on any atom is 0.303 e. The fraction of sp³-hybridized carbons (Fsp3) is 0.623. The van der Waals surface area contributed by atoms with Gasteiger partial charge in [0.1, 0.15) is 6.79 Å². The van der Waals surface area contributed by atoms with Crippen molar-refractivity contribution in [1.29, 1.82) is 0 Å². The van der Waals surface area contributed by atoms with Gasteiger partial charge in [0.2, 0.25) is 12.8 Å². The lowest BCUT2D eigenvalue weighted by Crippen LogP contribution is -2.47. The number of rotatable bonds is 32. The van der Waals surface area contributed by atoms with Crippen molar-refractivity contribution in [1.82, 2.24) is 30.2 Å². The van der Waals surface area contributed by atoms with Gasteiger partial charge in [-0.05, 0) is 133 Å². The van der Waals surface area contributed by atoms with E-state index in [4.69, 9.17) is 20.4 Å². The molecule has 1 saturated heterocycles. The first-order valence-corrected chi connectivity index (χ1v) is 25.1. The zero-order chi connectivity index (χ0) is 50.4. The number of carboxylic acids is 1. The van der Waals surface area contributed by atoms with Crippen molar-refractivity contribution >= 4 is 54.7 Å². The molecule has 15 heteroatoms. The van der Waals surface area contributed by atoms with Crippen LogP contribution in [0.5, 0.6) is 0 Å². The van der Waals surface area contributed by atoms with E-state index in [-0.39, 0.29) is 12.8 Å². The van der Waals surface area contributed by atoms with Crippen molar-refractivity contribution in [3.8, 4) is 0 Å². The molecule has 2 amide bonds. The number of aryl methyl sites for hydroxylation is 1. The van der Waals surface area contributed by atoms with Gasteiger partial charge in [0.25, 0.3) is 6.47 Å². The van der Waals surface area contributed by atoms with E-state index in [9.17, 15) is 19.2 Å². The molecule has 4 rings (SSSR count). The Morgan fingerprint density at radius 1 is 0.941 bits per heavy atom. The smallest absolute Gasteiger partial charge is 0.303 e. The van der Waals surface area contributed by atoms with E-state index in [1.807, 2.05) is 37.3 Å². The molecule has 3 aromatic rings. The average molecular weight is 949 g/mol. The van der Waals surface area contributed by atoms with Gasteiger partial charge in [0, 0.05) is 48.9 Å². The minimum atomic E-state index is -0.682. The lowest BCUT2D eigenvalue weighted by Gasteiger charge is -2.38. The summed E-state index contributed by atoms with van der Waals surface area (Å²) >= 11 is 0. The first kappa shape index (κ1) is 61.1. The molecule has 2 aromatic carbocycles. The maximum atomic E-state index is 11.2. The highest BCUT2D eigenvalue weighted by Gasteiger charge is 2.24. The Kier molecular flexibility index (Phi) is 35.0. The molecule has 1 fully saturated rings. The number of benzene rings is 2. The number of likely N-dealkylation sites (tertiary alicyclic amines) is 1. The van der Waals surface area contributed by atoms with Gasteiger partial charge in [-0.1, -0.05) is 108 Å². The molecule has 0 aliphatic carbocycles. The van der Waals surface area contributed by atoms with Crippen molar-refractivity contribution in [2.45, 2.75) is 156 Å². The van der Waals surface area contributed by atoms with Crippen molar-refractivity contribution < 1.29 is 33.8 Å². The molecule has 1 aliphatic rings. The normalized spacial score (nSPS) is 13.7. The molecule has 6 N–H and O–H groups in total. The predicted molar refractivity (Wildman–Crippen MR) is 277 cm³/mol. The number of hydrogen-bond donors (Lipinski definition) is 5. The van der Waals surface area contributed by atoms with Gasteiger partial charge in [-0.15, -0.1) is 0 Å². The maximum absolute atomic E-state index is 11.2. The number of fused-ring (bicyclic) bond motifs is 1. The average Bonchev–Trinajstić information content (AvgIpc) is 3.76. The van der Waals surface area contributed by atoms with E-state index in [0.29, 0.717) is 44.4 Å². The number of allylic oxidation sites excluding steroid dienone is 1. The van der Waals surface area contributed by atoms with Gasteiger partial charge in [-0.3, -0.25) is 24.1 Å². The fourth-order valence-electron chi connectivity index (χ4n) is 8.54. The summed E-state index contributed by atoms with van der Waals surface area (Å²) in [4.78, 5) is 55.8. The first-order valence-electron chi connectivity index (χ1n) is 25.1. The Morgan fingerprint density at radius 3 is 2.24 bits per heavy atom. The molecule has 15 nitrogen and oxygen atoms in total. The minimum Gasteiger partial charge on any atom is -0.481 e. The lowest BCUT2D eigenvalue weighted by atomic mass is 9.91.